The largest absolute Gasteiger partial charge is 0.278 e. The van der Waals surface area contributed by atoms with Crippen molar-refractivity contribution >= 4 is 49.9 Å². The van der Waals surface area contributed by atoms with Crippen LogP contribution in [0.25, 0.3) is 10.2 Å². The van der Waals surface area contributed by atoms with E-state index in [1.807, 2.05) is 26.0 Å². The third-order valence-electron chi connectivity index (χ3n) is 4.72. The summed E-state index contributed by atoms with van der Waals surface area (Å²) >= 11 is 7.64. The van der Waals surface area contributed by atoms with Gasteiger partial charge in [-0.2, -0.15) is 0 Å². The van der Waals surface area contributed by atoms with Crippen LogP contribution in [0, 0.1) is 24.0 Å². The van der Waals surface area contributed by atoms with Gasteiger partial charge in [0.05, 0.1) is 38.0 Å². The maximum Gasteiger partial charge on any atom is 0.270 e. The van der Waals surface area contributed by atoms with Crippen molar-refractivity contribution in [3.8, 4) is 0 Å². The lowest BCUT2D eigenvalue weighted by Gasteiger charge is -2.20. The minimum absolute atomic E-state index is 0.0407. The van der Waals surface area contributed by atoms with Gasteiger partial charge in [0.1, 0.15) is 0 Å². The Bertz CT molecular complexity index is 1310. The van der Waals surface area contributed by atoms with E-state index in [1.165, 1.54) is 34.4 Å². The van der Waals surface area contributed by atoms with Gasteiger partial charge in [-0.3, -0.25) is 24.8 Å². The highest BCUT2D eigenvalue weighted by molar-refractivity contribution is 7.22. The number of hydrogen-bond donors (Lipinski definition) is 0. The second-order valence-electron chi connectivity index (χ2n) is 7.06. The van der Waals surface area contributed by atoms with E-state index < -0.39 is 10.8 Å². The molecule has 0 aliphatic rings. The van der Waals surface area contributed by atoms with Crippen LogP contribution in [0.3, 0.4) is 0 Å². The summed E-state index contributed by atoms with van der Waals surface area (Å²) in [6.07, 6.45) is 1.64. The summed E-state index contributed by atoms with van der Waals surface area (Å²) in [6, 6.07) is 13.3. The number of fused-ring (bicyclic) bond motifs is 1. The zero-order valence-corrected chi connectivity index (χ0v) is 18.3. The second-order valence-corrected chi connectivity index (χ2v) is 8.44. The molecule has 0 atom stereocenters. The van der Waals surface area contributed by atoms with Crippen LogP contribution < -0.4 is 4.90 Å². The van der Waals surface area contributed by atoms with E-state index in [0.29, 0.717) is 10.8 Å². The number of benzene rings is 2. The van der Waals surface area contributed by atoms with Gasteiger partial charge in [0.15, 0.2) is 5.13 Å². The van der Waals surface area contributed by atoms with Crippen LogP contribution >= 0.6 is 22.9 Å². The van der Waals surface area contributed by atoms with Crippen LogP contribution in [0.4, 0.5) is 10.8 Å². The fraction of sp³-hybridized carbons (Fsp3) is 0.136. The van der Waals surface area contributed by atoms with E-state index in [2.05, 4.69) is 16.0 Å². The van der Waals surface area contributed by atoms with E-state index in [0.717, 1.165) is 21.3 Å². The predicted molar refractivity (Wildman–Crippen MR) is 122 cm³/mol. The van der Waals surface area contributed by atoms with Crippen LogP contribution in [0.2, 0.25) is 5.02 Å². The van der Waals surface area contributed by atoms with E-state index >= 15 is 0 Å². The highest BCUT2D eigenvalue weighted by atomic mass is 35.5. The lowest BCUT2D eigenvalue weighted by molar-refractivity contribution is -0.384. The summed E-state index contributed by atoms with van der Waals surface area (Å²) in [5, 5.41) is 11.8. The molecule has 4 rings (SSSR count). The van der Waals surface area contributed by atoms with Crippen molar-refractivity contribution in [3.05, 3.63) is 92.2 Å². The lowest BCUT2D eigenvalue weighted by atomic mass is 10.1. The highest BCUT2D eigenvalue weighted by Crippen LogP contribution is 2.34. The predicted octanol–water partition coefficient (Wildman–Crippen LogP) is 5.72. The van der Waals surface area contributed by atoms with Gasteiger partial charge in [-0.05, 0) is 49.2 Å². The molecule has 0 fully saturated rings. The first kappa shape index (κ1) is 20.9. The van der Waals surface area contributed by atoms with E-state index in [9.17, 15) is 14.9 Å². The molecule has 7 nitrogen and oxygen atoms in total. The van der Waals surface area contributed by atoms with Gasteiger partial charge in [0, 0.05) is 18.3 Å². The molecule has 0 spiro atoms. The van der Waals surface area contributed by atoms with E-state index in [4.69, 9.17) is 11.6 Å². The quantitative estimate of drug-likeness (QED) is 0.285. The van der Waals surface area contributed by atoms with Crippen molar-refractivity contribution < 1.29 is 9.72 Å². The number of nitrogens with zero attached hydrogens (tertiary/aromatic N) is 4. The Kier molecular flexibility index (Phi) is 5.67. The fourth-order valence-corrected chi connectivity index (χ4v) is 4.51. The number of amides is 1. The molecule has 2 aromatic carbocycles. The van der Waals surface area contributed by atoms with Gasteiger partial charge in [-0.1, -0.05) is 35.1 Å². The van der Waals surface area contributed by atoms with E-state index in [-0.39, 0.29) is 22.8 Å². The number of hydrogen-bond acceptors (Lipinski definition) is 6. The Morgan fingerprint density at radius 2 is 2.00 bits per heavy atom. The van der Waals surface area contributed by atoms with Crippen molar-refractivity contribution in [3.63, 3.8) is 0 Å². The Balaban J connectivity index is 1.84. The molecule has 0 aliphatic heterocycles. The number of rotatable bonds is 5. The fourth-order valence-electron chi connectivity index (χ4n) is 3.30. The van der Waals surface area contributed by atoms with Crippen molar-refractivity contribution in [1.82, 2.24) is 9.97 Å². The number of pyridine rings is 1. The first-order valence-electron chi connectivity index (χ1n) is 9.37. The number of nitro groups is 1. The molecule has 0 saturated carbocycles. The standard InChI is InChI=1S/C22H17ClN4O3S/c1-13-9-14(2)20-19(10-13)25-22(31-20)26(12-15-5-3-4-8-24-15)21(28)17-11-16(27(29)30)6-7-18(17)23/h3-11H,12H2,1-2H3. The Morgan fingerprint density at radius 1 is 1.19 bits per heavy atom. The van der Waals surface area contributed by atoms with Crippen molar-refractivity contribution in [2.24, 2.45) is 0 Å². The van der Waals surface area contributed by atoms with Gasteiger partial charge in [0.2, 0.25) is 0 Å². The number of aromatic nitrogens is 2. The molecule has 31 heavy (non-hydrogen) atoms. The molecule has 0 bridgehead atoms. The van der Waals surface area contributed by atoms with Gasteiger partial charge >= 0.3 is 0 Å². The summed E-state index contributed by atoms with van der Waals surface area (Å²) in [7, 11) is 0. The number of thiazole rings is 1. The maximum absolute atomic E-state index is 13.5. The SMILES string of the molecule is Cc1cc(C)c2sc(N(Cc3ccccn3)C(=O)c3cc([N+](=O)[O-])ccc3Cl)nc2c1. The summed E-state index contributed by atoms with van der Waals surface area (Å²) in [5.41, 5.74) is 3.43. The average Bonchev–Trinajstić information content (AvgIpc) is 3.16. The summed E-state index contributed by atoms with van der Waals surface area (Å²) < 4.78 is 0.976. The topological polar surface area (TPSA) is 89.2 Å². The summed E-state index contributed by atoms with van der Waals surface area (Å²) in [4.78, 5) is 34.7. The lowest BCUT2D eigenvalue weighted by Crippen LogP contribution is -2.31. The molecule has 0 N–H and O–H groups in total. The summed E-state index contributed by atoms with van der Waals surface area (Å²) in [5.74, 6) is -0.479. The minimum atomic E-state index is -0.556. The van der Waals surface area contributed by atoms with Crippen molar-refractivity contribution in [2.75, 3.05) is 4.90 Å². The molecule has 2 heterocycles. The smallest absolute Gasteiger partial charge is 0.270 e. The first-order chi connectivity index (χ1) is 14.8. The van der Waals surface area contributed by atoms with Crippen molar-refractivity contribution in [1.29, 1.82) is 0 Å². The molecule has 0 saturated heterocycles. The molecule has 9 heteroatoms. The highest BCUT2D eigenvalue weighted by Gasteiger charge is 2.26. The monoisotopic (exact) mass is 452 g/mol. The second kappa shape index (κ2) is 8.41. The Labute approximate surface area is 187 Å². The number of carbonyl (C=O) groups excluding carboxylic acids is 1. The molecule has 0 unspecified atom stereocenters. The molecule has 156 valence electrons. The number of halogens is 1. The van der Waals surface area contributed by atoms with Crippen LogP contribution in [-0.2, 0) is 6.54 Å². The number of non-ortho nitro benzene ring substituents is 1. The molecule has 4 aromatic rings. The molecular weight excluding hydrogens is 436 g/mol. The van der Waals surface area contributed by atoms with Gasteiger partial charge < -0.3 is 0 Å². The van der Waals surface area contributed by atoms with Crippen LogP contribution in [0.1, 0.15) is 27.2 Å². The zero-order chi connectivity index (χ0) is 22.1. The van der Waals surface area contributed by atoms with E-state index in [1.54, 1.807) is 18.3 Å². The molecular formula is C22H17ClN4O3S. The van der Waals surface area contributed by atoms with Crippen LogP contribution in [0.5, 0.6) is 0 Å². The summed E-state index contributed by atoms with van der Waals surface area (Å²) in [6.45, 7) is 4.14. The van der Waals surface area contributed by atoms with Crippen LogP contribution in [-0.4, -0.2) is 20.8 Å². The number of nitro benzene ring substituents is 1. The number of carbonyl (C=O) groups is 1. The van der Waals surface area contributed by atoms with Crippen molar-refractivity contribution in [2.45, 2.75) is 20.4 Å². The number of aryl methyl sites for hydroxylation is 2. The number of anilines is 1. The Morgan fingerprint density at radius 3 is 2.71 bits per heavy atom. The molecule has 0 radical (unpaired) electrons. The van der Waals surface area contributed by atoms with Gasteiger partial charge in [-0.25, -0.2) is 4.98 Å². The zero-order valence-electron chi connectivity index (χ0n) is 16.7. The van der Waals surface area contributed by atoms with Gasteiger partial charge in [0.25, 0.3) is 11.6 Å². The average molecular weight is 453 g/mol. The first-order valence-corrected chi connectivity index (χ1v) is 10.6. The van der Waals surface area contributed by atoms with Crippen LogP contribution in [0.15, 0.2) is 54.7 Å². The third kappa shape index (κ3) is 4.26. The maximum atomic E-state index is 13.5. The van der Waals surface area contributed by atoms with Gasteiger partial charge in [-0.15, -0.1) is 0 Å². The molecule has 0 aliphatic carbocycles. The molecule has 2 aromatic heterocycles. The molecule has 1 amide bonds. The third-order valence-corrected chi connectivity index (χ3v) is 6.28. The minimum Gasteiger partial charge on any atom is -0.278 e. The Hall–Kier alpha value is -3.36. The normalized spacial score (nSPS) is 10.9.